The Morgan fingerprint density at radius 1 is 0.972 bits per heavy atom. The highest BCUT2D eigenvalue weighted by molar-refractivity contribution is 5.99. The van der Waals surface area contributed by atoms with Crippen molar-refractivity contribution in [2.75, 3.05) is 33.3 Å². The van der Waals surface area contributed by atoms with Gasteiger partial charge in [-0.15, -0.1) is 0 Å². The zero-order valence-corrected chi connectivity index (χ0v) is 21.2. The van der Waals surface area contributed by atoms with Gasteiger partial charge in [-0.05, 0) is 25.0 Å². The Morgan fingerprint density at radius 3 is 2.31 bits per heavy atom. The van der Waals surface area contributed by atoms with Gasteiger partial charge in [0.25, 0.3) is 5.91 Å². The lowest BCUT2D eigenvalue weighted by atomic mass is 10.0. The minimum absolute atomic E-state index is 0.0667. The van der Waals surface area contributed by atoms with Crippen LogP contribution in [-0.2, 0) is 4.79 Å². The first-order valence-electron chi connectivity index (χ1n) is 12.2. The molecule has 2 heterocycles. The Hall–Kier alpha value is -3.72. The first kappa shape index (κ1) is 25.4. The van der Waals surface area contributed by atoms with Gasteiger partial charge in [0.15, 0.2) is 0 Å². The molecule has 190 valence electrons. The largest absolute Gasteiger partial charge is 0.496 e. The molecule has 0 spiro atoms. The first-order chi connectivity index (χ1) is 17.4. The average Bonchev–Trinajstić information content (AvgIpc) is 3.41. The summed E-state index contributed by atoms with van der Waals surface area (Å²) in [4.78, 5) is 34.9. The van der Waals surface area contributed by atoms with E-state index in [1.165, 1.54) is 7.11 Å². The molecule has 2 aromatic carbocycles. The molecule has 1 aliphatic rings. The van der Waals surface area contributed by atoms with Gasteiger partial charge < -0.3 is 19.5 Å². The predicted octanol–water partition coefficient (Wildman–Crippen LogP) is 3.41. The number of nitrogens with zero attached hydrogens (tertiary/aromatic N) is 4. The second kappa shape index (κ2) is 11.3. The molecule has 1 saturated heterocycles. The summed E-state index contributed by atoms with van der Waals surface area (Å²) < 4.78 is 10.8. The fraction of sp³-hybridized carbons (Fsp3) is 0.407. The molecule has 2 atom stereocenters. The number of methoxy groups -OCH3 is 1. The third-order valence-electron chi connectivity index (χ3n) is 6.58. The van der Waals surface area contributed by atoms with Crippen LogP contribution in [0.2, 0.25) is 0 Å². The number of benzene rings is 2. The fourth-order valence-corrected chi connectivity index (χ4v) is 4.36. The lowest BCUT2D eigenvalue weighted by Gasteiger charge is -2.38. The van der Waals surface area contributed by atoms with Crippen LogP contribution in [0.1, 0.15) is 43.1 Å². The van der Waals surface area contributed by atoms with Gasteiger partial charge in [-0.1, -0.05) is 61.5 Å². The molecule has 0 radical (unpaired) electrons. The van der Waals surface area contributed by atoms with Crippen LogP contribution in [0.25, 0.3) is 11.4 Å². The van der Waals surface area contributed by atoms with Crippen LogP contribution in [0.4, 0.5) is 0 Å². The Balaban J connectivity index is 1.36. The molecule has 1 aromatic heterocycles. The van der Waals surface area contributed by atoms with E-state index in [-0.39, 0.29) is 23.8 Å². The summed E-state index contributed by atoms with van der Waals surface area (Å²) in [6.07, 6.45) is 0. The van der Waals surface area contributed by atoms with Crippen LogP contribution < -0.4 is 10.1 Å². The topological polar surface area (TPSA) is 101 Å². The zero-order chi connectivity index (χ0) is 25.7. The average molecular weight is 492 g/mol. The van der Waals surface area contributed by atoms with Crippen LogP contribution in [0.15, 0.2) is 59.1 Å². The van der Waals surface area contributed by atoms with Gasteiger partial charge in [0.05, 0.1) is 18.7 Å². The number of carbonyl (C=O) groups excluding carboxylic acids is 2. The molecule has 1 fully saturated rings. The third kappa shape index (κ3) is 5.57. The number of amides is 2. The summed E-state index contributed by atoms with van der Waals surface area (Å²) >= 11 is 0. The van der Waals surface area contributed by atoms with Crippen molar-refractivity contribution in [1.82, 2.24) is 25.3 Å². The van der Waals surface area contributed by atoms with Gasteiger partial charge in [0.1, 0.15) is 11.8 Å². The van der Waals surface area contributed by atoms with Crippen molar-refractivity contribution in [3.63, 3.8) is 0 Å². The highest BCUT2D eigenvalue weighted by Crippen LogP contribution is 2.24. The fourth-order valence-electron chi connectivity index (χ4n) is 4.36. The Kier molecular flexibility index (Phi) is 8.00. The van der Waals surface area contributed by atoms with Crippen molar-refractivity contribution < 1.29 is 18.8 Å². The molecule has 0 saturated carbocycles. The van der Waals surface area contributed by atoms with Crippen molar-refractivity contribution in [2.45, 2.75) is 32.9 Å². The quantitative estimate of drug-likeness (QED) is 0.515. The van der Waals surface area contributed by atoms with E-state index in [2.05, 4.69) is 20.4 Å². The molecule has 0 aliphatic carbocycles. The van der Waals surface area contributed by atoms with Crippen molar-refractivity contribution in [2.24, 2.45) is 5.92 Å². The molecule has 9 heteroatoms. The molecule has 36 heavy (non-hydrogen) atoms. The van der Waals surface area contributed by atoms with Crippen molar-refractivity contribution in [3.8, 4) is 17.1 Å². The maximum atomic E-state index is 13.4. The van der Waals surface area contributed by atoms with Crippen molar-refractivity contribution in [3.05, 3.63) is 66.1 Å². The summed E-state index contributed by atoms with van der Waals surface area (Å²) in [7, 11) is 1.52. The minimum atomic E-state index is -0.629. The second-order valence-electron chi connectivity index (χ2n) is 9.25. The highest BCUT2D eigenvalue weighted by Gasteiger charge is 2.33. The van der Waals surface area contributed by atoms with E-state index in [1.807, 2.05) is 56.0 Å². The lowest BCUT2D eigenvalue weighted by Crippen LogP contribution is -2.56. The number of para-hydroxylation sites is 1. The zero-order valence-electron chi connectivity index (χ0n) is 21.2. The van der Waals surface area contributed by atoms with Crippen LogP contribution in [-0.4, -0.2) is 71.1 Å². The van der Waals surface area contributed by atoms with E-state index < -0.39 is 6.04 Å². The maximum Gasteiger partial charge on any atom is 0.255 e. The summed E-state index contributed by atoms with van der Waals surface area (Å²) in [6.45, 7) is 8.34. The highest BCUT2D eigenvalue weighted by atomic mass is 16.5. The Labute approximate surface area is 211 Å². The molecule has 4 rings (SSSR count). The van der Waals surface area contributed by atoms with Crippen molar-refractivity contribution in [1.29, 1.82) is 0 Å². The standard InChI is InChI=1S/C27H33N5O4/c1-18(2)23(28-25(33)21-12-8-9-13-22(21)35-4)27(34)32-16-14-31(15-17-32)19(3)26-29-24(30-36-26)20-10-6-5-7-11-20/h5-13,18-19,23H,14-17H2,1-4H3,(H,28,33). The molecular weight excluding hydrogens is 458 g/mol. The summed E-state index contributed by atoms with van der Waals surface area (Å²) in [5, 5.41) is 7.05. The molecule has 9 nitrogen and oxygen atoms in total. The summed E-state index contributed by atoms with van der Waals surface area (Å²) in [5.74, 6) is 1.13. The molecule has 2 amide bonds. The van der Waals surface area contributed by atoms with E-state index in [4.69, 9.17) is 9.26 Å². The minimum Gasteiger partial charge on any atom is -0.496 e. The number of carbonyl (C=O) groups is 2. The number of hydrogen-bond acceptors (Lipinski definition) is 7. The van der Waals surface area contributed by atoms with Gasteiger partial charge in [-0.2, -0.15) is 4.98 Å². The van der Waals surface area contributed by atoms with E-state index in [9.17, 15) is 9.59 Å². The summed E-state index contributed by atoms with van der Waals surface area (Å²) in [5.41, 5.74) is 1.32. The van der Waals surface area contributed by atoms with Gasteiger partial charge in [0, 0.05) is 31.7 Å². The van der Waals surface area contributed by atoms with E-state index in [1.54, 1.807) is 24.3 Å². The number of nitrogens with one attached hydrogen (secondary N) is 1. The number of ether oxygens (including phenoxy) is 1. The van der Waals surface area contributed by atoms with Crippen LogP contribution >= 0.6 is 0 Å². The van der Waals surface area contributed by atoms with Gasteiger partial charge in [-0.25, -0.2) is 0 Å². The Bertz CT molecular complexity index is 1170. The van der Waals surface area contributed by atoms with Crippen molar-refractivity contribution >= 4 is 11.8 Å². The number of piperazine rings is 1. The van der Waals surface area contributed by atoms with Crippen LogP contribution in [0.3, 0.4) is 0 Å². The SMILES string of the molecule is COc1ccccc1C(=O)NC(C(=O)N1CCN(C(C)c2nc(-c3ccccc3)no2)CC1)C(C)C. The van der Waals surface area contributed by atoms with Gasteiger partial charge in [-0.3, -0.25) is 14.5 Å². The Morgan fingerprint density at radius 2 is 1.64 bits per heavy atom. The summed E-state index contributed by atoms with van der Waals surface area (Å²) in [6, 6.07) is 16.0. The smallest absolute Gasteiger partial charge is 0.255 e. The van der Waals surface area contributed by atoms with E-state index in [0.29, 0.717) is 49.2 Å². The van der Waals surface area contributed by atoms with E-state index >= 15 is 0 Å². The third-order valence-corrected chi connectivity index (χ3v) is 6.58. The molecule has 3 aromatic rings. The number of aromatic nitrogens is 2. The monoisotopic (exact) mass is 491 g/mol. The normalized spacial score (nSPS) is 16.0. The molecule has 1 aliphatic heterocycles. The number of hydrogen-bond donors (Lipinski definition) is 1. The molecule has 2 unspecified atom stereocenters. The molecule has 1 N–H and O–H groups in total. The first-order valence-corrected chi connectivity index (χ1v) is 12.2. The lowest BCUT2D eigenvalue weighted by molar-refractivity contribution is -0.136. The maximum absolute atomic E-state index is 13.4. The number of rotatable bonds is 8. The molecular formula is C27H33N5O4. The van der Waals surface area contributed by atoms with Crippen LogP contribution in [0.5, 0.6) is 5.75 Å². The predicted molar refractivity (Wildman–Crippen MR) is 135 cm³/mol. The second-order valence-corrected chi connectivity index (χ2v) is 9.25. The van der Waals surface area contributed by atoms with Crippen LogP contribution in [0, 0.1) is 5.92 Å². The molecule has 0 bridgehead atoms. The van der Waals surface area contributed by atoms with Gasteiger partial charge >= 0.3 is 0 Å². The van der Waals surface area contributed by atoms with E-state index in [0.717, 1.165) is 5.56 Å². The van der Waals surface area contributed by atoms with Gasteiger partial charge in [0.2, 0.25) is 17.6 Å².